The number of aromatic hydroxyl groups is 1. The third kappa shape index (κ3) is 1.86. The summed E-state index contributed by atoms with van der Waals surface area (Å²) < 4.78 is 0. The molecule has 0 bridgehead atoms. The van der Waals surface area contributed by atoms with E-state index in [4.69, 9.17) is 0 Å². The van der Waals surface area contributed by atoms with Gasteiger partial charge in [-0.2, -0.15) is 0 Å². The molecule has 0 aliphatic heterocycles. The van der Waals surface area contributed by atoms with Crippen LogP contribution in [0.2, 0.25) is 0 Å². The maximum Gasteiger partial charge on any atom is 0.119 e. The molecule has 0 aliphatic carbocycles. The van der Waals surface area contributed by atoms with Crippen molar-refractivity contribution in [2.75, 3.05) is 0 Å². The summed E-state index contributed by atoms with van der Waals surface area (Å²) in [6, 6.07) is 14.0. The Hall–Kier alpha value is -1.76. The van der Waals surface area contributed by atoms with Crippen LogP contribution in [0.3, 0.4) is 0 Å². The number of aryl methyl sites for hydroxylation is 1. The highest BCUT2D eigenvalue weighted by Crippen LogP contribution is 2.30. The van der Waals surface area contributed by atoms with Crippen molar-refractivity contribution in [1.29, 1.82) is 0 Å². The van der Waals surface area contributed by atoms with Crippen molar-refractivity contribution in [3.63, 3.8) is 0 Å². The van der Waals surface area contributed by atoms with E-state index in [1.54, 1.807) is 6.07 Å². The maximum atomic E-state index is 9.74. The summed E-state index contributed by atoms with van der Waals surface area (Å²) in [5, 5.41) is 9.74. The van der Waals surface area contributed by atoms with Crippen LogP contribution in [0.5, 0.6) is 5.75 Å². The van der Waals surface area contributed by atoms with E-state index < -0.39 is 0 Å². The van der Waals surface area contributed by atoms with Gasteiger partial charge >= 0.3 is 0 Å². The number of rotatable bonds is 1. The van der Waals surface area contributed by atoms with E-state index in [9.17, 15) is 5.11 Å². The van der Waals surface area contributed by atoms with Crippen molar-refractivity contribution in [1.82, 2.24) is 0 Å². The number of phenols is 1. The highest BCUT2D eigenvalue weighted by molar-refractivity contribution is 5.70. The molecule has 1 N–H and O–H groups in total. The lowest BCUT2D eigenvalue weighted by Gasteiger charge is -2.09. The van der Waals surface area contributed by atoms with E-state index in [-0.39, 0.29) is 0 Å². The van der Waals surface area contributed by atoms with Crippen LogP contribution in [0.4, 0.5) is 0 Å². The SMILES string of the molecule is Cc1cc(O)c(C)c(-c2ccccc2)c1. The van der Waals surface area contributed by atoms with Gasteiger partial charge in [-0.1, -0.05) is 36.4 Å². The third-order valence-electron chi connectivity index (χ3n) is 2.61. The first-order valence-corrected chi connectivity index (χ1v) is 5.04. The molecular formula is C14H14O. The lowest BCUT2D eigenvalue weighted by Crippen LogP contribution is -1.85. The zero-order valence-corrected chi connectivity index (χ0v) is 8.99. The molecule has 1 heteroatoms. The van der Waals surface area contributed by atoms with E-state index in [2.05, 4.69) is 18.2 Å². The molecular weight excluding hydrogens is 184 g/mol. The van der Waals surface area contributed by atoms with E-state index in [1.165, 1.54) is 0 Å². The Morgan fingerprint density at radius 1 is 0.933 bits per heavy atom. The van der Waals surface area contributed by atoms with Gasteiger partial charge in [0, 0.05) is 0 Å². The smallest absolute Gasteiger partial charge is 0.119 e. The van der Waals surface area contributed by atoms with Gasteiger partial charge in [-0.25, -0.2) is 0 Å². The largest absolute Gasteiger partial charge is 0.508 e. The average Bonchev–Trinajstić information content (AvgIpc) is 2.24. The van der Waals surface area contributed by atoms with Crippen LogP contribution < -0.4 is 0 Å². The summed E-state index contributed by atoms with van der Waals surface area (Å²) in [7, 11) is 0. The van der Waals surface area contributed by atoms with Gasteiger partial charge in [0.2, 0.25) is 0 Å². The van der Waals surface area contributed by atoms with E-state index >= 15 is 0 Å². The Morgan fingerprint density at radius 3 is 2.27 bits per heavy atom. The van der Waals surface area contributed by atoms with Crippen LogP contribution in [0, 0.1) is 13.8 Å². The molecule has 0 atom stereocenters. The fraction of sp³-hybridized carbons (Fsp3) is 0.143. The van der Waals surface area contributed by atoms with Crippen molar-refractivity contribution < 1.29 is 5.11 Å². The predicted octanol–water partition coefficient (Wildman–Crippen LogP) is 3.68. The molecule has 2 rings (SSSR count). The Bertz CT molecular complexity index is 472. The topological polar surface area (TPSA) is 20.2 Å². The van der Waals surface area contributed by atoms with Crippen molar-refractivity contribution in [2.45, 2.75) is 13.8 Å². The molecule has 0 radical (unpaired) electrons. The van der Waals surface area contributed by atoms with Crippen LogP contribution >= 0.6 is 0 Å². The monoisotopic (exact) mass is 198 g/mol. The Labute approximate surface area is 90.0 Å². The van der Waals surface area contributed by atoms with Crippen molar-refractivity contribution >= 4 is 0 Å². The minimum Gasteiger partial charge on any atom is -0.508 e. The second-order valence-electron chi connectivity index (χ2n) is 3.82. The van der Waals surface area contributed by atoms with E-state index in [0.717, 1.165) is 22.3 Å². The molecule has 0 unspecified atom stereocenters. The molecule has 0 aromatic heterocycles. The molecule has 2 aromatic carbocycles. The van der Waals surface area contributed by atoms with Gasteiger partial charge in [0.15, 0.2) is 0 Å². The molecule has 15 heavy (non-hydrogen) atoms. The number of benzene rings is 2. The zero-order valence-electron chi connectivity index (χ0n) is 8.99. The molecule has 0 aliphatic rings. The van der Waals surface area contributed by atoms with Gasteiger partial charge in [0.05, 0.1) is 0 Å². The summed E-state index contributed by atoms with van der Waals surface area (Å²) in [5.74, 6) is 0.369. The highest BCUT2D eigenvalue weighted by atomic mass is 16.3. The second kappa shape index (κ2) is 3.77. The van der Waals surface area contributed by atoms with Gasteiger partial charge < -0.3 is 5.11 Å². The number of phenolic OH excluding ortho intramolecular Hbond substituents is 1. The lowest BCUT2D eigenvalue weighted by atomic mass is 9.98. The fourth-order valence-electron chi connectivity index (χ4n) is 1.76. The lowest BCUT2D eigenvalue weighted by molar-refractivity contribution is 0.471. The van der Waals surface area contributed by atoms with Crippen LogP contribution in [0.1, 0.15) is 11.1 Å². The van der Waals surface area contributed by atoms with Gasteiger partial charge in [-0.15, -0.1) is 0 Å². The summed E-state index contributed by atoms with van der Waals surface area (Å²) in [4.78, 5) is 0. The number of hydrogen-bond acceptors (Lipinski definition) is 1. The first-order valence-electron chi connectivity index (χ1n) is 5.04. The second-order valence-corrected chi connectivity index (χ2v) is 3.82. The van der Waals surface area contributed by atoms with Crippen molar-refractivity contribution in [3.05, 3.63) is 53.6 Å². The molecule has 0 saturated heterocycles. The van der Waals surface area contributed by atoms with Crippen molar-refractivity contribution in [2.24, 2.45) is 0 Å². The minimum absolute atomic E-state index is 0.369. The van der Waals surface area contributed by atoms with Crippen LogP contribution in [0.25, 0.3) is 11.1 Å². The maximum absolute atomic E-state index is 9.74. The van der Waals surface area contributed by atoms with Crippen LogP contribution in [-0.4, -0.2) is 5.11 Å². The van der Waals surface area contributed by atoms with Gasteiger partial charge in [-0.3, -0.25) is 0 Å². The van der Waals surface area contributed by atoms with Crippen molar-refractivity contribution in [3.8, 4) is 16.9 Å². The number of hydrogen-bond donors (Lipinski definition) is 1. The first kappa shape index (κ1) is 9.78. The quantitative estimate of drug-likeness (QED) is 0.741. The van der Waals surface area contributed by atoms with E-state index in [0.29, 0.717) is 5.75 Å². The van der Waals surface area contributed by atoms with Crippen LogP contribution in [-0.2, 0) is 0 Å². The molecule has 0 saturated carbocycles. The summed E-state index contributed by atoms with van der Waals surface area (Å²) in [6.07, 6.45) is 0. The highest BCUT2D eigenvalue weighted by Gasteiger charge is 2.05. The molecule has 0 spiro atoms. The molecule has 0 amide bonds. The molecule has 1 nitrogen and oxygen atoms in total. The Balaban J connectivity index is 2.63. The first-order chi connectivity index (χ1) is 7.18. The van der Waals surface area contributed by atoms with Gasteiger partial charge in [0.1, 0.15) is 5.75 Å². The molecule has 0 fully saturated rings. The Morgan fingerprint density at radius 2 is 1.60 bits per heavy atom. The molecule has 76 valence electrons. The standard InChI is InChI=1S/C14H14O/c1-10-8-13(11(2)14(15)9-10)12-6-4-3-5-7-12/h3-9,15H,1-2H3. The third-order valence-corrected chi connectivity index (χ3v) is 2.61. The van der Waals surface area contributed by atoms with Gasteiger partial charge in [-0.05, 0) is 42.2 Å². The molecule has 2 aromatic rings. The average molecular weight is 198 g/mol. The Kier molecular flexibility index (Phi) is 2.46. The minimum atomic E-state index is 0.369. The zero-order chi connectivity index (χ0) is 10.8. The fourth-order valence-corrected chi connectivity index (χ4v) is 1.76. The summed E-state index contributed by atoms with van der Waals surface area (Å²) in [6.45, 7) is 3.93. The summed E-state index contributed by atoms with van der Waals surface area (Å²) >= 11 is 0. The van der Waals surface area contributed by atoms with Crippen LogP contribution in [0.15, 0.2) is 42.5 Å². The summed E-state index contributed by atoms with van der Waals surface area (Å²) in [5.41, 5.74) is 4.27. The normalized spacial score (nSPS) is 10.3. The van der Waals surface area contributed by atoms with Gasteiger partial charge in [0.25, 0.3) is 0 Å². The molecule has 0 heterocycles. The van der Waals surface area contributed by atoms with E-state index in [1.807, 2.05) is 32.0 Å². The predicted molar refractivity (Wildman–Crippen MR) is 63.0 cm³/mol.